The normalized spacial score (nSPS) is 13.2. The summed E-state index contributed by atoms with van der Waals surface area (Å²) < 4.78 is 2.58. The average molecular weight is 352 g/mol. The van der Waals surface area contributed by atoms with Crippen LogP contribution in [-0.2, 0) is 0 Å². The first-order valence-electron chi connectivity index (χ1n) is 7.07. The first-order valence-corrected chi connectivity index (χ1v) is 12.4. The van der Waals surface area contributed by atoms with E-state index in [4.69, 9.17) is 0 Å². The Morgan fingerprint density at radius 1 is 0.857 bits per heavy atom. The first-order chi connectivity index (χ1) is 10.3. The molecule has 0 unspecified atom stereocenters. The Balaban J connectivity index is 2.09. The fourth-order valence-corrected chi connectivity index (χ4v) is 10.7. The van der Waals surface area contributed by atoms with Crippen LogP contribution in [0, 0.1) is 0 Å². The van der Waals surface area contributed by atoms with E-state index in [1.165, 1.54) is 21.2 Å². The van der Waals surface area contributed by atoms with E-state index in [1.807, 2.05) is 11.8 Å². The maximum Gasteiger partial charge on any atom is 0.120 e. The van der Waals surface area contributed by atoms with Gasteiger partial charge in [0.1, 0.15) is 6.48 Å². The molecular formula is C16H18NPS3. The molecule has 0 aliphatic carbocycles. The standard InChI is InChI=1S/C16H18NPS3/c1-3-19-18(20-4-2)17-13-9-5-7-11-15(13)21-16-12-8-6-10-14(16)17/h5-12H,3-4H2,1-2H3. The number of anilines is 2. The molecule has 1 nitrogen and oxygen atoms in total. The van der Waals surface area contributed by atoms with E-state index in [-0.39, 0.29) is 6.48 Å². The van der Waals surface area contributed by atoms with Crippen LogP contribution in [0.1, 0.15) is 13.8 Å². The molecule has 0 spiro atoms. The molecule has 0 atom stereocenters. The summed E-state index contributed by atoms with van der Waals surface area (Å²) in [6.45, 7) is 4.21. The van der Waals surface area contributed by atoms with Crippen molar-refractivity contribution in [3.8, 4) is 0 Å². The van der Waals surface area contributed by atoms with Gasteiger partial charge in [0.05, 0.1) is 11.4 Å². The molecule has 5 heteroatoms. The van der Waals surface area contributed by atoms with Gasteiger partial charge in [0, 0.05) is 9.79 Å². The Morgan fingerprint density at radius 3 is 1.81 bits per heavy atom. The second-order valence-corrected chi connectivity index (χ2v) is 12.4. The Labute approximate surface area is 140 Å². The third-order valence-corrected chi connectivity index (χ3v) is 11.6. The van der Waals surface area contributed by atoms with Crippen molar-refractivity contribution in [2.24, 2.45) is 0 Å². The molecule has 21 heavy (non-hydrogen) atoms. The van der Waals surface area contributed by atoms with Crippen molar-refractivity contribution < 1.29 is 0 Å². The molecule has 1 aliphatic rings. The Kier molecular flexibility index (Phi) is 5.44. The molecule has 0 bridgehead atoms. The van der Waals surface area contributed by atoms with E-state index >= 15 is 0 Å². The number of hydrogen-bond acceptors (Lipinski definition) is 4. The highest BCUT2D eigenvalue weighted by Crippen LogP contribution is 2.69. The number of para-hydroxylation sites is 2. The summed E-state index contributed by atoms with van der Waals surface area (Å²) in [6, 6.07) is 17.6. The van der Waals surface area contributed by atoms with Gasteiger partial charge in [0.2, 0.25) is 0 Å². The minimum Gasteiger partial charge on any atom is -0.300 e. The van der Waals surface area contributed by atoms with Crippen LogP contribution in [0.15, 0.2) is 58.3 Å². The minimum absolute atomic E-state index is 0.299. The third kappa shape index (κ3) is 3.24. The Bertz CT molecular complexity index is 568. The van der Waals surface area contributed by atoms with E-state index in [1.54, 1.807) is 0 Å². The summed E-state index contributed by atoms with van der Waals surface area (Å²) >= 11 is 6.05. The number of hydrogen-bond donors (Lipinski definition) is 0. The SMILES string of the molecule is CCSP(SCC)N1c2ccccc2Sc2ccccc21. The number of fused-ring (bicyclic) bond motifs is 2. The molecule has 0 aromatic heterocycles. The van der Waals surface area contributed by atoms with Crippen molar-refractivity contribution in [2.45, 2.75) is 23.6 Å². The van der Waals surface area contributed by atoms with Crippen LogP contribution in [-0.4, -0.2) is 11.5 Å². The second kappa shape index (κ2) is 7.32. The zero-order valence-corrected chi connectivity index (χ0v) is 15.5. The summed E-state index contributed by atoms with van der Waals surface area (Å²) in [5, 5.41) is 0. The Hall–Kier alpha value is -0.280. The molecule has 0 fully saturated rings. The fraction of sp³-hybridized carbons (Fsp3) is 0.250. The predicted molar refractivity (Wildman–Crippen MR) is 102 cm³/mol. The van der Waals surface area contributed by atoms with Crippen LogP contribution in [0.25, 0.3) is 0 Å². The topological polar surface area (TPSA) is 3.24 Å². The molecule has 2 aromatic carbocycles. The lowest BCUT2D eigenvalue weighted by Crippen LogP contribution is -2.12. The van der Waals surface area contributed by atoms with Gasteiger partial charge in [0.15, 0.2) is 0 Å². The second-order valence-electron chi connectivity index (χ2n) is 4.42. The predicted octanol–water partition coefficient (Wildman–Crippen LogP) is 7.02. The summed E-state index contributed by atoms with van der Waals surface area (Å²) in [6.07, 6.45) is 0. The third-order valence-electron chi connectivity index (χ3n) is 3.05. The van der Waals surface area contributed by atoms with E-state index in [9.17, 15) is 0 Å². The lowest BCUT2D eigenvalue weighted by Gasteiger charge is -2.37. The number of rotatable bonds is 5. The maximum atomic E-state index is 2.58. The Morgan fingerprint density at radius 2 is 1.33 bits per heavy atom. The number of benzene rings is 2. The van der Waals surface area contributed by atoms with Crippen LogP contribution < -0.4 is 4.67 Å². The smallest absolute Gasteiger partial charge is 0.120 e. The van der Waals surface area contributed by atoms with Crippen molar-refractivity contribution in [3.63, 3.8) is 0 Å². The van der Waals surface area contributed by atoms with Gasteiger partial charge < -0.3 is 4.67 Å². The zero-order valence-electron chi connectivity index (χ0n) is 12.2. The molecule has 2 aromatic rings. The lowest BCUT2D eigenvalue weighted by atomic mass is 10.2. The van der Waals surface area contributed by atoms with Crippen molar-refractivity contribution in [2.75, 3.05) is 16.2 Å². The molecule has 0 saturated carbocycles. The van der Waals surface area contributed by atoms with Crippen molar-refractivity contribution in [1.82, 2.24) is 0 Å². The van der Waals surface area contributed by atoms with E-state index < -0.39 is 0 Å². The van der Waals surface area contributed by atoms with Crippen LogP contribution in [0.5, 0.6) is 0 Å². The number of nitrogens with zero attached hydrogens (tertiary/aromatic N) is 1. The summed E-state index contributed by atoms with van der Waals surface area (Å²) in [5.74, 6) is 2.32. The molecule has 0 N–H and O–H groups in total. The molecule has 1 aliphatic heterocycles. The van der Waals surface area contributed by atoms with Gasteiger partial charge >= 0.3 is 0 Å². The van der Waals surface area contributed by atoms with Crippen LogP contribution >= 0.6 is 41.0 Å². The first kappa shape index (κ1) is 15.6. The lowest BCUT2D eigenvalue weighted by molar-refractivity contribution is 1.25. The fourth-order valence-electron chi connectivity index (χ4n) is 2.23. The van der Waals surface area contributed by atoms with Gasteiger partial charge in [0.25, 0.3) is 0 Å². The average Bonchev–Trinajstić information content (AvgIpc) is 2.52. The molecule has 1 heterocycles. The maximum absolute atomic E-state index is 2.58. The van der Waals surface area contributed by atoms with Crippen molar-refractivity contribution in [1.29, 1.82) is 0 Å². The largest absolute Gasteiger partial charge is 0.300 e. The molecule has 0 saturated heterocycles. The van der Waals surface area contributed by atoms with Crippen LogP contribution in [0.4, 0.5) is 11.4 Å². The van der Waals surface area contributed by atoms with E-state index in [0.717, 1.165) is 11.5 Å². The molecular weight excluding hydrogens is 333 g/mol. The molecule has 3 rings (SSSR count). The van der Waals surface area contributed by atoms with E-state index in [0.29, 0.717) is 0 Å². The summed E-state index contributed by atoms with van der Waals surface area (Å²) in [7, 11) is 0. The summed E-state index contributed by atoms with van der Waals surface area (Å²) in [4.78, 5) is 2.74. The van der Waals surface area contributed by atoms with Crippen LogP contribution in [0.2, 0.25) is 0 Å². The van der Waals surface area contributed by atoms with Crippen LogP contribution in [0.3, 0.4) is 0 Å². The highest BCUT2D eigenvalue weighted by atomic mass is 33.1. The van der Waals surface area contributed by atoms with E-state index in [2.05, 4.69) is 89.8 Å². The van der Waals surface area contributed by atoms with Gasteiger partial charge in [-0.15, -0.1) is 22.8 Å². The monoisotopic (exact) mass is 351 g/mol. The van der Waals surface area contributed by atoms with Gasteiger partial charge in [-0.25, -0.2) is 0 Å². The van der Waals surface area contributed by atoms with Gasteiger partial charge in [-0.2, -0.15) is 0 Å². The highest BCUT2D eigenvalue weighted by Gasteiger charge is 2.29. The van der Waals surface area contributed by atoms with Gasteiger partial charge in [-0.3, -0.25) is 0 Å². The minimum atomic E-state index is -0.299. The van der Waals surface area contributed by atoms with Gasteiger partial charge in [-0.1, -0.05) is 49.9 Å². The van der Waals surface area contributed by atoms with Gasteiger partial charge in [-0.05, 0) is 35.8 Å². The molecule has 0 amide bonds. The highest BCUT2D eigenvalue weighted by molar-refractivity contribution is 8.88. The quantitative estimate of drug-likeness (QED) is 0.532. The zero-order chi connectivity index (χ0) is 14.7. The van der Waals surface area contributed by atoms with Crippen molar-refractivity contribution in [3.05, 3.63) is 48.5 Å². The van der Waals surface area contributed by atoms with Crippen molar-refractivity contribution >= 4 is 52.4 Å². The molecule has 110 valence electrons. The molecule has 0 radical (unpaired) electrons. The summed E-state index contributed by atoms with van der Waals surface area (Å²) in [5.41, 5.74) is 2.74.